The molecule has 0 radical (unpaired) electrons. The predicted octanol–water partition coefficient (Wildman–Crippen LogP) is 0.855. The lowest BCUT2D eigenvalue weighted by Crippen LogP contribution is -2.45. The summed E-state index contributed by atoms with van der Waals surface area (Å²) in [5.74, 6) is 1.10. The second kappa shape index (κ2) is 5.07. The van der Waals surface area contributed by atoms with E-state index in [1.165, 1.54) is 0 Å². The van der Waals surface area contributed by atoms with E-state index in [-0.39, 0.29) is 6.04 Å². The van der Waals surface area contributed by atoms with Crippen molar-refractivity contribution in [1.29, 1.82) is 5.26 Å². The highest BCUT2D eigenvalue weighted by Gasteiger charge is 2.28. The molecule has 0 spiro atoms. The summed E-state index contributed by atoms with van der Waals surface area (Å²) in [5, 5.41) is 12.9. The molecule has 0 aliphatic carbocycles. The number of aromatic amines is 1. The van der Waals surface area contributed by atoms with E-state index in [1.54, 1.807) is 12.1 Å². The molecule has 1 atom stereocenters. The fourth-order valence-electron chi connectivity index (χ4n) is 2.35. The van der Waals surface area contributed by atoms with Gasteiger partial charge in [-0.2, -0.15) is 10.2 Å². The van der Waals surface area contributed by atoms with Crippen molar-refractivity contribution in [3.8, 4) is 17.7 Å². The summed E-state index contributed by atoms with van der Waals surface area (Å²) in [7, 11) is 4.15. The van der Waals surface area contributed by atoms with Gasteiger partial charge < -0.3 is 14.4 Å². The molecule has 1 N–H and O–H groups in total. The van der Waals surface area contributed by atoms with Crippen LogP contribution in [0.15, 0.2) is 16.7 Å². The molecule has 0 saturated carbocycles. The van der Waals surface area contributed by atoms with Gasteiger partial charge in [0.25, 0.3) is 5.89 Å². The molecular weight excluding hydrogens is 256 g/mol. The van der Waals surface area contributed by atoms with Crippen LogP contribution in [0.1, 0.15) is 17.6 Å². The molecule has 7 heteroatoms. The van der Waals surface area contributed by atoms with Crippen molar-refractivity contribution in [2.45, 2.75) is 6.04 Å². The van der Waals surface area contributed by atoms with Crippen LogP contribution in [-0.2, 0) is 0 Å². The molecule has 3 rings (SSSR count). The first-order chi connectivity index (χ1) is 9.67. The second-order valence-corrected chi connectivity index (χ2v) is 5.11. The monoisotopic (exact) mass is 272 g/mol. The summed E-state index contributed by atoms with van der Waals surface area (Å²) >= 11 is 0. The minimum absolute atomic E-state index is 0.136. The molecule has 104 valence electrons. The largest absolute Gasteiger partial charge is 0.342 e. The number of hydrogen-bond acceptors (Lipinski definition) is 6. The van der Waals surface area contributed by atoms with Crippen molar-refractivity contribution in [2.24, 2.45) is 0 Å². The van der Waals surface area contributed by atoms with Crippen LogP contribution in [-0.4, -0.2) is 58.7 Å². The van der Waals surface area contributed by atoms with E-state index in [0.29, 0.717) is 23.1 Å². The molecular formula is C13H16N6O. The molecule has 1 aliphatic heterocycles. The van der Waals surface area contributed by atoms with Crippen molar-refractivity contribution in [3.05, 3.63) is 23.7 Å². The quantitative estimate of drug-likeness (QED) is 0.872. The zero-order valence-electron chi connectivity index (χ0n) is 11.5. The van der Waals surface area contributed by atoms with Crippen molar-refractivity contribution in [3.63, 3.8) is 0 Å². The molecule has 1 fully saturated rings. The van der Waals surface area contributed by atoms with Gasteiger partial charge in [-0.25, -0.2) is 0 Å². The maximum Gasteiger partial charge on any atom is 0.274 e. The van der Waals surface area contributed by atoms with E-state index in [4.69, 9.17) is 9.78 Å². The standard InChI is InChI=1S/C13H16N6O/c1-18-5-6-19(2)11(8-18)12-16-13(20-17-12)10-4-3-9(7-14)15-10/h3-4,11,15H,5-6,8H2,1-2H3. The number of rotatable bonds is 2. The summed E-state index contributed by atoms with van der Waals surface area (Å²) in [6, 6.07) is 5.64. The zero-order chi connectivity index (χ0) is 14.1. The van der Waals surface area contributed by atoms with E-state index in [9.17, 15) is 0 Å². The van der Waals surface area contributed by atoms with Crippen LogP contribution < -0.4 is 0 Å². The van der Waals surface area contributed by atoms with Gasteiger partial charge in [0.15, 0.2) is 5.82 Å². The van der Waals surface area contributed by atoms with E-state index in [1.807, 2.05) is 6.07 Å². The Balaban J connectivity index is 1.84. The van der Waals surface area contributed by atoms with Gasteiger partial charge in [-0.05, 0) is 26.2 Å². The fourth-order valence-corrected chi connectivity index (χ4v) is 2.35. The molecule has 2 aromatic rings. The first-order valence-electron chi connectivity index (χ1n) is 6.49. The number of nitrogens with zero attached hydrogens (tertiary/aromatic N) is 5. The fraction of sp³-hybridized carbons (Fsp3) is 0.462. The average Bonchev–Trinajstić information content (AvgIpc) is 3.09. The molecule has 2 aromatic heterocycles. The number of hydrogen-bond donors (Lipinski definition) is 1. The Hall–Kier alpha value is -2.17. The van der Waals surface area contributed by atoms with Crippen LogP contribution in [0.25, 0.3) is 11.6 Å². The van der Waals surface area contributed by atoms with E-state index in [2.05, 4.69) is 39.0 Å². The van der Waals surface area contributed by atoms with Crippen molar-refractivity contribution >= 4 is 0 Å². The Morgan fingerprint density at radius 1 is 1.40 bits per heavy atom. The first-order valence-corrected chi connectivity index (χ1v) is 6.49. The third-order valence-corrected chi connectivity index (χ3v) is 3.63. The van der Waals surface area contributed by atoms with Gasteiger partial charge in [0.1, 0.15) is 17.5 Å². The minimum Gasteiger partial charge on any atom is -0.342 e. The molecule has 0 bridgehead atoms. The lowest BCUT2D eigenvalue weighted by atomic mass is 10.2. The van der Waals surface area contributed by atoms with Crippen LogP contribution in [0.4, 0.5) is 0 Å². The third-order valence-electron chi connectivity index (χ3n) is 3.63. The highest BCUT2D eigenvalue weighted by molar-refractivity contribution is 5.49. The highest BCUT2D eigenvalue weighted by Crippen LogP contribution is 2.24. The molecule has 1 saturated heterocycles. The van der Waals surface area contributed by atoms with E-state index >= 15 is 0 Å². The van der Waals surface area contributed by atoms with E-state index in [0.717, 1.165) is 19.6 Å². The third kappa shape index (κ3) is 2.31. The lowest BCUT2D eigenvalue weighted by molar-refractivity contribution is 0.108. The smallest absolute Gasteiger partial charge is 0.274 e. The van der Waals surface area contributed by atoms with Gasteiger partial charge in [0.2, 0.25) is 0 Å². The predicted molar refractivity (Wildman–Crippen MR) is 71.7 cm³/mol. The Labute approximate surface area is 116 Å². The van der Waals surface area contributed by atoms with Gasteiger partial charge in [0, 0.05) is 19.6 Å². The Morgan fingerprint density at radius 3 is 3.00 bits per heavy atom. The summed E-state index contributed by atoms with van der Waals surface area (Å²) < 4.78 is 5.30. The number of aromatic nitrogens is 3. The maximum atomic E-state index is 8.81. The molecule has 0 amide bonds. The van der Waals surface area contributed by atoms with Gasteiger partial charge in [0.05, 0.1) is 6.04 Å². The summed E-state index contributed by atoms with van der Waals surface area (Å²) in [6.45, 7) is 2.90. The Bertz CT molecular complexity index is 639. The second-order valence-electron chi connectivity index (χ2n) is 5.11. The molecule has 20 heavy (non-hydrogen) atoms. The van der Waals surface area contributed by atoms with Crippen LogP contribution in [0.3, 0.4) is 0 Å². The minimum atomic E-state index is 0.136. The first kappa shape index (κ1) is 12.8. The van der Waals surface area contributed by atoms with E-state index < -0.39 is 0 Å². The summed E-state index contributed by atoms with van der Waals surface area (Å²) in [6.07, 6.45) is 0. The number of likely N-dealkylation sites (N-methyl/N-ethyl adjacent to an activating group) is 2. The summed E-state index contributed by atoms with van der Waals surface area (Å²) in [5.41, 5.74) is 1.15. The van der Waals surface area contributed by atoms with Crippen LogP contribution in [0.5, 0.6) is 0 Å². The topological polar surface area (TPSA) is 85.0 Å². The molecule has 7 nitrogen and oxygen atoms in total. The average molecular weight is 272 g/mol. The Morgan fingerprint density at radius 2 is 2.25 bits per heavy atom. The zero-order valence-corrected chi connectivity index (χ0v) is 11.5. The van der Waals surface area contributed by atoms with Crippen LogP contribution >= 0.6 is 0 Å². The molecule has 1 unspecified atom stereocenters. The molecule has 0 aromatic carbocycles. The SMILES string of the molecule is CN1CCN(C)C(c2noc(-c3ccc(C#N)[nH]3)n2)C1. The van der Waals surface area contributed by atoms with Crippen molar-refractivity contribution < 1.29 is 4.52 Å². The normalized spacial score (nSPS) is 20.9. The molecule has 3 heterocycles. The summed E-state index contributed by atoms with van der Waals surface area (Å²) in [4.78, 5) is 11.9. The van der Waals surface area contributed by atoms with Gasteiger partial charge in [-0.1, -0.05) is 5.16 Å². The lowest BCUT2D eigenvalue weighted by Gasteiger charge is -2.35. The van der Waals surface area contributed by atoms with Crippen molar-refractivity contribution in [1.82, 2.24) is 24.9 Å². The Kier molecular flexibility index (Phi) is 3.26. The molecule has 1 aliphatic rings. The van der Waals surface area contributed by atoms with Crippen molar-refractivity contribution in [2.75, 3.05) is 33.7 Å². The van der Waals surface area contributed by atoms with Gasteiger partial charge in [-0.3, -0.25) is 4.90 Å². The number of H-pyrrole nitrogens is 1. The number of piperazine rings is 1. The van der Waals surface area contributed by atoms with Crippen LogP contribution in [0.2, 0.25) is 0 Å². The van der Waals surface area contributed by atoms with Gasteiger partial charge >= 0.3 is 0 Å². The van der Waals surface area contributed by atoms with Crippen LogP contribution in [0, 0.1) is 11.3 Å². The number of nitriles is 1. The number of nitrogens with one attached hydrogen (secondary N) is 1. The van der Waals surface area contributed by atoms with Gasteiger partial charge in [-0.15, -0.1) is 0 Å². The highest BCUT2D eigenvalue weighted by atomic mass is 16.5. The maximum absolute atomic E-state index is 8.81.